The number of nitro groups is 1. The van der Waals surface area contributed by atoms with Crippen LogP contribution in [0.15, 0.2) is 46.9 Å². The van der Waals surface area contributed by atoms with Gasteiger partial charge in [-0.2, -0.15) is 0 Å². The summed E-state index contributed by atoms with van der Waals surface area (Å²) in [6.07, 6.45) is 0. The molecule has 0 saturated carbocycles. The largest absolute Gasteiger partial charge is 0.478 e. The lowest BCUT2D eigenvalue weighted by atomic mass is 9.80. The number of nitrogens with zero attached hydrogens (tertiary/aromatic N) is 2. The molecule has 0 aromatic heterocycles. The molecular weight excluding hydrogens is 382 g/mol. The second-order valence-corrected chi connectivity index (χ2v) is 6.56. The zero-order chi connectivity index (χ0) is 21.1. The van der Waals surface area contributed by atoms with E-state index in [1.54, 1.807) is 17.9 Å². The smallest absolute Gasteiger partial charge is 0.336 e. The molecule has 0 radical (unpaired) electrons. The molecule has 1 aromatic rings. The van der Waals surface area contributed by atoms with Gasteiger partial charge in [-0.1, -0.05) is 12.1 Å². The molecule has 1 unspecified atom stereocenters. The number of hydrogen-bond donors (Lipinski definition) is 2. The van der Waals surface area contributed by atoms with Gasteiger partial charge in [0.2, 0.25) is 0 Å². The van der Waals surface area contributed by atoms with E-state index in [9.17, 15) is 24.8 Å². The van der Waals surface area contributed by atoms with E-state index in [0.29, 0.717) is 30.2 Å². The Morgan fingerprint density at radius 3 is 2.76 bits per heavy atom. The van der Waals surface area contributed by atoms with Crippen LogP contribution in [0.2, 0.25) is 0 Å². The zero-order valence-electron chi connectivity index (χ0n) is 16.0. The molecule has 10 heteroatoms. The van der Waals surface area contributed by atoms with Gasteiger partial charge in [0.05, 0.1) is 28.6 Å². The van der Waals surface area contributed by atoms with Gasteiger partial charge in [0.1, 0.15) is 12.4 Å². The first kappa shape index (κ1) is 20.3. The fourth-order valence-corrected chi connectivity index (χ4v) is 3.64. The molecular formula is C19H21N3O7. The summed E-state index contributed by atoms with van der Waals surface area (Å²) >= 11 is 0. The normalized spacial score (nSPS) is 18.4. The third-order valence-corrected chi connectivity index (χ3v) is 4.91. The number of carboxylic acids is 1. The highest BCUT2D eigenvalue weighted by Crippen LogP contribution is 2.43. The van der Waals surface area contributed by atoms with Crippen LogP contribution in [0.4, 0.5) is 5.69 Å². The van der Waals surface area contributed by atoms with Crippen LogP contribution in [-0.4, -0.2) is 60.3 Å². The number of fused-ring (bicyclic) bond motifs is 1. The topological polar surface area (TPSA) is 131 Å². The Hall–Kier alpha value is -3.40. The lowest BCUT2D eigenvalue weighted by Gasteiger charge is -2.34. The lowest BCUT2D eigenvalue weighted by Crippen LogP contribution is -2.35. The van der Waals surface area contributed by atoms with Crippen molar-refractivity contribution in [3.05, 3.63) is 62.6 Å². The predicted octanol–water partition coefficient (Wildman–Crippen LogP) is 1.36. The minimum atomic E-state index is -1.22. The molecule has 1 saturated heterocycles. The Labute approximate surface area is 166 Å². The van der Waals surface area contributed by atoms with E-state index in [0.717, 1.165) is 0 Å². The number of benzene rings is 1. The van der Waals surface area contributed by atoms with Gasteiger partial charge in [0.25, 0.3) is 5.69 Å². The molecule has 2 heterocycles. The zero-order valence-corrected chi connectivity index (χ0v) is 16.0. The molecule has 154 valence electrons. The van der Waals surface area contributed by atoms with Crippen molar-refractivity contribution in [3.63, 3.8) is 0 Å². The number of hydrogen-bond acceptors (Lipinski definition) is 8. The molecule has 1 fully saturated rings. The number of rotatable bonds is 7. The van der Waals surface area contributed by atoms with E-state index in [-0.39, 0.29) is 30.0 Å². The Morgan fingerprint density at radius 2 is 2.10 bits per heavy atom. The molecule has 29 heavy (non-hydrogen) atoms. The Balaban J connectivity index is 2.16. The van der Waals surface area contributed by atoms with Gasteiger partial charge in [-0.05, 0) is 12.5 Å². The molecule has 1 atom stereocenters. The highest BCUT2D eigenvalue weighted by atomic mass is 16.6. The fourth-order valence-electron chi connectivity index (χ4n) is 3.64. The number of nitro benzene ring substituents is 1. The second kappa shape index (κ2) is 8.31. The van der Waals surface area contributed by atoms with Crippen LogP contribution >= 0.6 is 0 Å². The first-order valence-electron chi connectivity index (χ1n) is 8.96. The summed E-state index contributed by atoms with van der Waals surface area (Å²) in [4.78, 5) is 37.5. The van der Waals surface area contributed by atoms with Crippen LogP contribution < -0.4 is 5.32 Å². The highest BCUT2D eigenvalue weighted by Gasteiger charge is 2.43. The molecule has 2 aliphatic heterocycles. The van der Waals surface area contributed by atoms with Crippen molar-refractivity contribution in [2.24, 2.45) is 0 Å². The molecule has 3 rings (SSSR count). The van der Waals surface area contributed by atoms with Crippen molar-refractivity contribution >= 4 is 17.6 Å². The van der Waals surface area contributed by atoms with Crippen LogP contribution in [0, 0.1) is 10.1 Å². The number of carbonyl (C=O) groups is 2. The van der Waals surface area contributed by atoms with Crippen LogP contribution in [0.3, 0.4) is 0 Å². The highest BCUT2D eigenvalue weighted by molar-refractivity contribution is 5.99. The van der Waals surface area contributed by atoms with Gasteiger partial charge in [-0.25, -0.2) is 9.59 Å². The maximum atomic E-state index is 12.9. The first-order chi connectivity index (χ1) is 13.9. The van der Waals surface area contributed by atoms with Crippen molar-refractivity contribution in [3.8, 4) is 0 Å². The van der Waals surface area contributed by atoms with E-state index >= 15 is 0 Å². The quantitative estimate of drug-likeness (QED) is 0.300. The minimum absolute atomic E-state index is 0.00496. The number of nitrogens with one attached hydrogen (secondary N) is 1. The van der Waals surface area contributed by atoms with Crippen molar-refractivity contribution in [2.75, 3.05) is 33.4 Å². The Bertz CT molecular complexity index is 922. The van der Waals surface area contributed by atoms with Gasteiger partial charge in [0.15, 0.2) is 0 Å². The number of carboxylic acid groups (broad SMARTS) is 1. The molecule has 1 aromatic carbocycles. The maximum absolute atomic E-state index is 12.9. The number of ether oxygens (including phenoxy) is 2. The molecule has 0 spiro atoms. The van der Waals surface area contributed by atoms with Crippen LogP contribution in [0.1, 0.15) is 18.4 Å². The standard InChI is InChI=1S/C19H21N3O7/c1-11-14(19(25)29-9-8-28-2)15(12-4-3-5-13(10-12)22(26)27)16(18(23)24)17-20-6-7-21(11)17/h3-5,10,15,20H,6-9H2,1-2H3,(H,23,24). The van der Waals surface area contributed by atoms with Crippen molar-refractivity contribution in [1.29, 1.82) is 0 Å². The van der Waals surface area contributed by atoms with Gasteiger partial charge in [-0.15, -0.1) is 0 Å². The van der Waals surface area contributed by atoms with Gasteiger partial charge >= 0.3 is 11.9 Å². The summed E-state index contributed by atoms with van der Waals surface area (Å²) < 4.78 is 10.2. The third kappa shape index (κ3) is 3.79. The summed E-state index contributed by atoms with van der Waals surface area (Å²) in [6, 6.07) is 5.64. The fraction of sp³-hybridized carbons (Fsp3) is 0.368. The number of non-ortho nitro benzene ring substituents is 1. The summed E-state index contributed by atoms with van der Waals surface area (Å²) in [5.74, 6) is -2.52. The molecule has 2 N–H and O–H groups in total. The summed E-state index contributed by atoms with van der Waals surface area (Å²) in [7, 11) is 1.47. The molecule has 0 amide bonds. The van der Waals surface area contributed by atoms with Crippen molar-refractivity contribution in [2.45, 2.75) is 12.8 Å². The number of allylic oxidation sites excluding steroid dienone is 1. The molecule has 0 bridgehead atoms. The number of carbonyl (C=O) groups excluding carboxylic acids is 1. The third-order valence-electron chi connectivity index (χ3n) is 4.91. The van der Waals surface area contributed by atoms with Crippen LogP contribution in [0.25, 0.3) is 0 Å². The number of aliphatic carboxylic acids is 1. The van der Waals surface area contributed by atoms with E-state index in [4.69, 9.17) is 9.47 Å². The SMILES string of the molecule is COCCOC(=O)C1=C(C)N2CCNC2=C(C(=O)O)C1c1cccc([N+](=O)[O-])c1. The van der Waals surface area contributed by atoms with E-state index < -0.39 is 22.8 Å². The molecule has 10 nitrogen and oxygen atoms in total. The monoisotopic (exact) mass is 403 g/mol. The number of esters is 1. The van der Waals surface area contributed by atoms with E-state index in [1.807, 2.05) is 0 Å². The van der Waals surface area contributed by atoms with Crippen LogP contribution in [-0.2, 0) is 19.1 Å². The Kier molecular flexibility index (Phi) is 5.83. The van der Waals surface area contributed by atoms with Crippen molar-refractivity contribution < 1.29 is 29.1 Å². The minimum Gasteiger partial charge on any atom is -0.478 e. The average molecular weight is 403 g/mol. The second-order valence-electron chi connectivity index (χ2n) is 6.56. The van der Waals surface area contributed by atoms with Gasteiger partial charge in [-0.3, -0.25) is 10.1 Å². The lowest BCUT2D eigenvalue weighted by molar-refractivity contribution is -0.384. The summed E-state index contributed by atoms with van der Waals surface area (Å²) in [5.41, 5.74) is 0.784. The summed E-state index contributed by atoms with van der Waals surface area (Å²) in [5, 5.41) is 24.2. The summed E-state index contributed by atoms with van der Waals surface area (Å²) in [6.45, 7) is 2.91. The van der Waals surface area contributed by atoms with Gasteiger partial charge in [0, 0.05) is 38.0 Å². The predicted molar refractivity (Wildman–Crippen MR) is 101 cm³/mol. The van der Waals surface area contributed by atoms with Crippen molar-refractivity contribution in [1.82, 2.24) is 10.2 Å². The molecule has 2 aliphatic rings. The van der Waals surface area contributed by atoms with Gasteiger partial charge < -0.3 is 24.8 Å². The average Bonchev–Trinajstić information content (AvgIpc) is 3.17. The maximum Gasteiger partial charge on any atom is 0.336 e. The van der Waals surface area contributed by atoms with E-state index in [1.165, 1.54) is 25.3 Å². The first-order valence-corrected chi connectivity index (χ1v) is 8.96. The van der Waals surface area contributed by atoms with Crippen LogP contribution in [0.5, 0.6) is 0 Å². The van der Waals surface area contributed by atoms with E-state index in [2.05, 4.69) is 5.32 Å². The Morgan fingerprint density at radius 1 is 1.34 bits per heavy atom. The number of methoxy groups -OCH3 is 1. The molecule has 0 aliphatic carbocycles.